The fourth-order valence-corrected chi connectivity index (χ4v) is 15.3. The highest BCUT2D eigenvalue weighted by atomic mass is 28.4. The quantitative estimate of drug-likeness (QED) is 0.0195. The molecule has 1 fully saturated rings. The van der Waals surface area contributed by atoms with Gasteiger partial charge >= 0.3 is 11.9 Å². The predicted octanol–water partition coefficient (Wildman–Crippen LogP) is 12.0. The van der Waals surface area contributed by atoms with Crippen LogP contribution in [0.5, 0.6) is 0 Å². The number of allylic oxidation sites excluding steroid dienone is 2. The molecule has 2 rings (SSSR count). The van der Waals surface area contributed by atoms with Crippen molar-refractivity contribution in [3.63, 3.8) is 0 Å². The van der Waals surface area contributed by atoms with Crippen LogP contribution in [0.2, 0.25) is 36.3 Å². The fourth-order valence-electron chi connectivity index (χ4n) is 9.41. The Kier molecular flexibility index (Phi) is 24.8. The fraction of sp³-hybridized carbons (Fsp3) is 0.840. The summed E-state index contributed by atoms with van der Waals surface area (Å²) in [6, 6.07) is 6.20. The molecule has 0 N–H and O–H groups in total. The molecule has 0 amide bonds. The number of carbonyl (C=O) groups is 2. The van der Waals surface area contributed by atoms with Crippen LogP contribution in [-0.4, -0.2) is 102 Å². The lowest BCUT2D eigenvalue weighted by atomic mass is 9.88. The minimum Gasteiger partial charge on any atom is -0.457 e. The van der Waals surface area contributed by atoms with Crippen molar-refractivity contribution in [2.24, 2.45) is 11.8 Å². The maximum atomic E-state index is 14.1. The molecule has 0 aliphatic carbocycles. The second-order valence-corrected chi connectivity index (χ2v) is 28.0. The Morgan fingerprint density at radius 1 is 0.905 bits per heavy atom. The zero-order valence-electron chi connectivity index (χ0n) is 42.8. The van der Waals surface area contributed by atoms with E-state index in [0.717, 1.165) is 48.3 Å². The Balaban J connectivity index is 2.55. The van der Waals surface area contributed by atoms with Crippen molar-refractivity contribution >= 4 is 28.6 Å². The molecule has 0 spiro atoms. The summed E-state index contributed by atoms with van der Waals surface area (Å²) in [4.78, 5) is 26.7. The number of epoxide rings is 1. The Labute approximate surface area is 386 Å². The highest BCUT2D eigenvalue weighted by Crippen LogP contribution is 2.41. The number of esters is 2. The summed E-state index contributed by atoms with van der Waals surface area (Å²) in [5.74, 6) is -0.756. The van der Waals surface area contributed by atoms with Gasteiger partial charge in [0.25, 0.3) is 0 Å². The molecule has 2 aliphatic heterocycles. The van der Waals surface area contributed by atoms with Crippen LogP contribution < -0.4 is 0 Å². The van der Waals surface area contributed by atoms with Crippen molar-refractivity contribution in [1.29, 1.82) is 0 Å². The first-order valence-electron chi connectivity index (χ1n) is 24.7. The van der Waals surface area contributed by atoms with E-state index in [4.69, 9.17) is 42.0 Å². The average Bonchev–Trinajstić information content (AvgIpc) is 4.00. The van der Waals surface area contributed by atoms with Crippen molar-refractivity contribution in [1.82, 2.24) is 0 Å². The van der Waals surface area contributed by atoms with Crippen LogP contribution >= 0.6 is 0 Å². The second-order valence-electron chi connectivity index (χ2n) is 18.6. The third-order valence-electron chi connectivity index (χ3n) is 13.9. The number of hydrogen-bond donors (Lipinski definition) is 0. The van der Waals surface area contributed by atoms with E-state index in [1.165, 1.54) is 6.92 Å². The molecule has 12 unspecified atom stereocenters. The summed E-state index contributed by atoms with van der Waals surface area (Å²) in [6.07, 6.45) is 10.1. The van der Waals surface area contributed by atoms with Crippen LogP contribution in [0.25, 0.3) is 0 Å². The van der Waals surface area contributed by atoms with Crippen LogP contribution in [-0.2, 0) is 51.6 Å². The molecule has 2 aliphatic rings. The van der Waals surface area contributed by atoms with Gasteiger partial charge in [0.1, 0.15) is 17.8 Å². The van der Waals surface area contributed by atoms with Crippen LogP contribution in [0.15, 0.2) is 36.0 Å². The first-order valence-corrected chi connectivity index (χ1v) is 29.8. The molecule has 0 bridgehead atoms. The molecule has 11 nitrogen and oxygen atoms in total. The molecule has 63 heavy (non-hydrogen) atoms. The van der Waals surface area contributed by atoms with Gasteiger partial charge < -0.3 is 42.0 Å². The number of carbonyl (C=O) groups excluding carboxylic acids is 2. The van der Waals surface area contributed by atoms with Crippen LogP contribution in [0.4, 0.5) is 0 Å². The highest BCUT2D eigenvalue weighted by Gasteiger charge is 2.50. The standard InChI is InChI=1S/C50H92O11Si2/c1-18-43(61-63(24-7,25-8)26-9)38(12)48-44(56-48)35-49(16,58-40(14)53-19-2)32-27-28-36(10)47-37(11)29-30-45(55-39(13)51)50(17,59-41(15)54-20-3)33-31-42(34-46(52)57-47)60-62(21-4,22-5)23-6/h27-30,32,37-38,40-45,47-48H,18-26,31,33-35H2,1-17H3/b30-29+,32-27+,36-28+. The van der Waals surface area contributed by atoms with Gasteiger partial charge in [-0.05, 0) is 116 Å². The molecule has 12 atom stereocenters. The summed E-state index contributed by atoms with van der Waals surface area (Å²) < 4.78 is 57.7. The largest absolute Gasteiger partial charge is 0.457 e. The SMILES string of the molecule is CCOC(C)OC(C)(/C=C/C=C(\C)C1OC(=O)CC(O[Si](CC)(CC)CC)CCC(C)(OC(C)OCC)C(OC(C)=O)/C=C/C1C)CC1OC1C(C)C(CC)O[Si](CC)(CC)CC. The monoisotopic (exact) mass is 925 g/mol. The molecule has 0 saturated carbocycles. The van der Waals surface area contributed by atoms with Gasteiger partial charge in [-0.2, -0.15) is 0 Å². The van der Waals surface area contributed by atoms with E-state index >= 15 is 0 Å². The molecule has 366 valence electrons. The van der Waals surface area contributed by atoms with Crippen molar-refractivity contribution in [3.05, 3.63) is 36.0 Å². The van der Waals surface area contributed by atoms with Crippen LogP contribution in [0.1, 0.15) is 150 Å². The lowest BCUT2D eigenvalue weighted by Crippen LogP contribution is -2.48. The van der Waals surface area contributed by atoms with Crippen LogP contribution in [0.3, 0.4) is 0 Å². The Hall–Kier alpha value is -1.69. The van der Waals surface area contributed by atoms with Gasteiger partial charge in [0.2, 0.25) is 0 Å². The van der Waals surface area contributed by atoms with Gasteiger partial charge in [-0.25, -0.2) is 0 Å². The van der Waals surface area contributed by atoms with Crippen molar-refractivity contribution < 1.29 is 51.6 Å². The average molecular weight is 925 g/mol. The maximum Gasteiger partial charge on any atom is 0.308 e. The predicted molar refractivity (Wildman–Crippen MR) is 259 cm³/mol. The molecule has 13 heteroatoms. The molecule has 0 aromatic carbocycles. The number of hydrogen-bond acceptors (Lipinski definition) is 11. The minimum atomic E-state index is -2.13. The smallest absolute Gasteiger partial charge is 0.308 e. The highest BCUT2D eigenvalue weighted by molar-refractivity contribution is 6.74. The van der Waals surface area contributed by atoms with Gasteiger partial charge in [-0.3, -0.25) is 9.59 Å². The third kappa shape index (κ3) is 17.8. The molecule has 0 radical (unpaired) electrons. The lowest BCUT2D eigenvalue weighted by Gasteiger charge is -2.40. The summed E-state index contributed by atoms with van der Waals surface area (Å²) >= 11 is 0. The molecular weight excluding hydrogens is 833 g/mol. The van der Waals surface area contributed by atoms with E-state index in [0.29, 0.717) is 32.5 Å². The van der Waals surface area contributed by atoms with Crippen molar-refractivity contribution in [2.45, 2.75) is 246 Å². The van der Waals surface area contributed by atoms with E-state index in [2.05, 4.69) is 68.4 Å². The van der Waals surface area contributed by atoms with Gasteiger partial charge in [0.15, 0.2) is 29.2 Å². The first-order chi connectivity index (χ1) is 29.7. The minimum absolute atomic E-state index is 0.0195. The molecule has 2 heterocycles. The lowest BCUT2D eigenvalue weighted by molar-refractivity contribution is -0.227. The molecule has 1 saturated heterocycles. The van der Waals surface area contributed by atoms with Gasteiger partial charge in [0, 0.05) is 44.5 Å². The topological polar surface area (TPSA) is 121 Å². The van der Waals surface area contributed by atoms with Crippen molar-refractivity contribution in [3.8, 4) is 0 Å². The van der Waals surface area contributed by atoms with Gasteiger partial charge in [-0.15, -0.1) is 0 Å². The Morgan fingerprint density at radius 3 is 2.03 bits per heavy atom. The summed E-state index contributed by atoms with van der Waals surface area (Å²) in [5.41, 5.74) is -0.830. The maximum absolute atomic E-state index is 14.1. The molecular formula is C50H92O11Si2. The number of rotatable bonds is 27. The summed E-state index contributed by atoms with van der Waals surface area (Å²) in [5, 5.41) is 0. The number of cyclic esters (lactones) is 1. The van der Waals surface area contributed by atoms with Gasteiger partial charge in [-0.1, -0.05) is 86.6 Å². The molecule has 0 aromatic heterocycles. The normalized spacial score (nSPS) is 28.8. The Bertz CT molecular complexity index is 1430. The first kappa shape index (κ1) is 57.4. The van der Waals surface area contributed by atoms with E-state index in [1.807, 2.05) is 72.8 Å². The summed E-state index contributed by atoms with van der Waals surface area (Å²) in [7, 11) is -3.91. The zero-order valence-corrected chi connectivity index (χ0v) is 44.8. The van der Waals surface area contributed by atoms with Crippen LogP contribution in [0, 0.1) is 11.8 Å². The number of ether oxygens (including phenoxy) is 7. The second kappa shape index (κ2) is 27.2. The Morgan fingerprint density at radius 2 is 1.49 bits per heavy atom. The van der Waals surface area contributed by atoms with Crippen molar-refractivity contribution in [2.75, 3.05) is 13.2 Å². The van der Waals surface area contributed by atoms with Gasteiger partial charge in [0.05, 0.1) is 30.3 Å². The van der Waals surface area contributed by atoms with E-state index < -0.39 is 64.7 Å². The zero-order chi connectivity index (χ0) is 47.6. The molecule has 0 aromatic rings. The van der Waals surface area contributed by atoms with E-state index in [9.17, 15) is 9.59 Å². The van der Waals surface area contributed by atoms with E-state index in [1.54, 1.807) is 0 Å². The third-order valence-corrected chi connectivity index (χ3v) is 23.3. The van der Waals surface area contributed by atoms with E-state index in [-0.39, 0.29) is 42.5 Å². The summed E-state index contributed by atoms with van der Waals surface area (Å²) in [6.45, 7) is 36.0.